The molecule has 2 saturated heterocycles. The lowest BCUT2D eigenvalue weighted by atomic mass is 10.0. The molecule has 0 unspecified atom stereocenters. The van der Waals surface area contributed by atoms with Gasteiger partial charge in [0.05, 0.1) is 6.10 Å². The van der Waals surface area contributed by atoms with E-state index < -0.39 is 0 Å². The van der Waals surface area contributed by atoms with Crippen LogP contribution in [0.1, 0.15) is 36.8 Å². The highest BCUT2D eigenvalue weighted by Crippen LogP contribution is 2.19. The first-order valence-electron chi connectivity index (χ1n) is 11.9. The van der Waals surface area contributed by atoms with Crippen LogP contribution in [0.4, 0.5) is 5.69 Å². The Bertz CT molecular complexity index is 838. The van der Waals surface area contributed by atoms with Crippen molar-refractivity contribution in [2.75, 3.05) is 38.1 Å². The predicted molar refractivity (Wildman–Crippen MR) is 132 cm³/mol. The lowest BCUT2D eigenvalue weighted by molar-refractivity contribution is 0.0792. The minimum absolute atomic E-state index is 0.112. The molecule has 0 spiro atoms. The van der Waals surface area contributed by atoms with Crippen LogP contribution < -0.4 is 15.5 Å². The molecule has 6 nitrogen and oxygen atoms in total. The molecule has 2 aromatic rings. The van der Waals surface area contributed by atoms with Crippen molar-refractivity contribution >= 4 is 11.6 Å². The van der Waals surface area contributed by atoms with Crippen molar-refractivity contribution in [2.45, 2.75) is 50.9 Å². The van der Waals surface area contributed by atoms with Crippen LogP contribution in [0.15, 0.2) is 59.6 Å². The average Bonchev–Trinajstić information content (AvgIpc) is 2.85. The van der Waals surface area contributed by atoms with Gasteiger partial charge in [0.2, 0.25) is 0 Å². The zero-order chi connectivity index (χ0) is 22.2. The second-order valence-electron chi connectivity index (χ2n) is 8.99. The number of nitrogens with zero attached hydrogens (tertiary/aromatic N) is 3. The molecule has 172 valence electrons. The Morgan fingerprint density at radius 3 is 2.22 bits per heavy atom. The molecule has 2 heterocycles. The summed E-state index contributed by atoms with van der Waals surface area (Å²) < 4.78 is 0. The Hall–Kier alpha value is -2.57. The quantitative estimate of drug-likeness (QED) is 0.481. The maximum Gasteiger partial charge on any atom is 0.191 e. The fourth-order valence-electron chi connectivity index (χ4n) is 4.59. The highest BCUT2D eigenvalue weighted by Gasteiger charge is 2.20. The van der Waals surface area contributed by atoms with Crippen molar-refractivity contribution in [1.82, 2.24) is 15.5 Å². The maximum absolute atomic E-state index is 9.67. The van der Waals surface area contributed by atoms with Crippen molar-refractivity contribution in [3.63, 3.8) is 0 Å². The van der Waals surface area contributed by atoms with Crippen molar-refractivity contribution < 1.29 is 5.11 Å². The minimum atomic E-state index is -0.112. The fourth-order valence-corrected chi connectivity index (χ4v) is 4.59. The SMILES string of the molecule is CN=C(NCc1ccc(CN2CCC(O)CC2)cc1)NC1CCN(c2ccccc2)CC1. The van der Waals surface area contributed by atoms with Crippen LogP contribution in [0.25, 0.3) is 0 Å². The van der Waals surface area contributed by atoms with Crippen LogP contribution in [-0.2, 0) is 13.1 Å². The topological polar surface area (TPSA) is 63.1 Å². The molecule has 2 fully saturated rings. The number of para-hydroxylation sites is 1. The number of rotatable bonds is 6. The lowest BCUT2D eigenvalue weighted by Crippen LogP contribution is -2.48. The zero-order valence-electron chi connectivity index (χ0n) is 19.2. The molecule has 0 saturated carbocycles. The standard InChI is InChI=1S/C26H37N5O/c1-27-26(29-23-11-17-31(18-12-23)24-5-3-2-4-6-24)28-19-21-7-9-22(10-8-21)20-30-15-13-25(32)14-16-30/h2-10,23,25,32H,11-20H2,1H3,(H2,27,28,29). The molecule has 4 rings (SSSR count). The van der Waals surface area contributed by atoms with Crippen molar-refractivity contribution in [1.29, 1.82) is 0 Å². The summed E-state index contributed by atoms with van der Waals surface area (Å²) in [6.45, 7) is 5.82. The van der Waals surface area contributed by atoms with E-state index in [0.717, 1.165) is 70.9 Å². The molecule has 3 N–H and O–H groups in total. The number of anilines is 1. The van der Waals surface area contributed by atoms with Gasteiger partial charge in [-0.25, -0.2) is 0 Å². The molecule has 2 aromatic carbocycles. The maximum atomic E-state index is 9.67. The Morgan fingerprint density at radius 2 is 1.56 bits per heavy atom. The summed E-state index contributed by atoms with van der Waals surface area (Å²) in [6.07, 6.45) is 3.88. The molecule has 6 heteroatoms. The van der Waals surface area contributed by atoms with Gasteiger partial charge in [0.1, 0.15) is 0 Å². The number of aliphatic imine (C=N–C) groups is 1. The summed E-state index contributed by atoms with van der Waals surface area (Å²) in [6, 6.07) is 20.0. The van der Waals surface area contributed by atoms with Crippen LogP contribution >= 0.6 is 0 Å². The van der Waals surface area contributed by atoms with Gasteiger partial charge in [-0.2, -0.15) is 0 Å². The monoisotopic (exact) mass is 435 g/mol. The number of guanidine groups is 1. The molecule has 0 atom stereocenters. The predicted octanol–water partition coefficient (Wildman–Crippen LogP) is 2.98. The summed E-state index contributed by atoms with van der Waals surface area (Å²) in [4.78, 5) is 9.31. The second-order valence-corrected chi connectivity index (χ2v) is 8.99. The number of likely N-dealkylation sites (tertiary alicyclic amines) is 1. The van der Waals surface area contributed by atoms with Gasteiger partial charge in [-0.1, -0.05) is 42.5 Å². The van der Waals surface area contributed by atoms with E-state index in [2.05, 4.69) is 80.0 Å². The number of piperidine rings is 2. The average molecular weight is 436 g/mol. The summed E-state index contributed by atoms with van der Waals surface area (Å²) >= 11 is 0. The van der Waals surface area contributed by atoms with Gasteiger partial charge in [0.15, 0.2) is 5.96 Å². The van der Waals surface area contributed by atoms with E-state index in [1.807, 2.05) is 7.05 Å². The highest BCUT2D eigenvalue weighted by molar-refractivity contribution is 5.80. The Balaban J connectivity index is 1.19. The number of hydrogen-bond acceptors (Lipinski definition) is 4. The first kappa shape index (κ1) is 22.6. The highest BCUT2D eigenvalue weighted by atomic mass is 16.3. The van der Waals surface area contributed by atoms with Crippen molar-refractivity contribution in [3.05, 3.63) is 65.7 Å². The number of aliphatic hydroxyl groups excluding tert-OH is 1. The van der Waals surface area contributed by atoms with Crippen LogP contribution in [0.2, 0.25) is 0 Å². The van der Waals surface area contributed by atoms with E-state index in [-0.39, 0.29) is 6.10 Å². The summed E-state index contributed by atoms with van der Waals surface area (Å²) in [5.74, 6) is 0.874. The summed E-state index contributed by atoms with van der Waals surface area (Å²) in [5.41, 5.74) is 3.90. The first-order valence-corrected chi connectivity index (χ1v) is 11.9. The van der Waals surface area contributed by atoms with Gasteiger partial charge in [-0.05, 0) is 48.9 Å². The van der Waals surface area contributed by atoms with Gasteiger partial charge in [0, 0.05) is 58.0 Å². The number of aliphatic hydroxyl groups is 1. The molecular formula is C26H37N5O. The van der Waals surface area contributed by atoms with E-state index in [1.54, 1.807) is 0 Å². The Kier molecular flexibility index (Phi) is 8.02. The Labute approximate surface area is 192 Å². The smallest absolute Gasteiger partial charge is 0.191 e. The van der Waals surface area contributed by atoms with E-state index in [0.29, 0.717) is 6.04 Å². The van der Waals surface area contributed by atoms with Gasteiger partial charge < -0.3 is 20.6 Å². The second kappa shape index (κ2) is 11.3. The van der Waals surface area contributed by atoms with Gasteiger partial charge in [-0.3, -0.25) is 9.89 Å². The Morgan fingerprint density at radius 1 is 0.906 bits per heavy atom. The molecule has 0 radical (unpaired) electrons. The van der Waals surface area contributed by atoms with E-state index in [4.69, 9.17) is 0 Å². The van der Waals surface area contributed by atoms with Gasteiger partial charge in [-0.15, -0.1) is 0 Å². The van der Waals surface area contributed by atoms with E-state index >= 15 is 0 Å². The third-order valence-electron chi connectivity index (χ3n) is 6.63. The van der Waals surface area contributed by atoms with Crippen LogP contribution in [0.3, 0.4) is 0 Å². The van der Waals surface area contributed by atoms with Gasteiger partial charge >= 0.3 is 0 Å². The number of benzene rings is 2. The largest absolute Gasteiger partial charge is 0.393 e. The zero-order valence-corrected chi connectivity index (χ0v) is 19.2. The third-order valence-corrected chi connectivity index (χ3v) is 6.63. The third kappa shape index (κ3) is 6.47. The summed E-state index contributed by atoms with van der Waals surface area (Å²) in [5, 5.41) is 16.7. The normalized spacial score (nSPS) is 19.2. The van der Waals surface area contributed by atoms with E-state index in [9.17, 15) is 5.11 Å². The molecule has 0 aromatic heterocycles. The molecule has 0 aliphatic carbocycles. The number of hydrogen-bond donors (Lipinski definition) is 3. The van der Waals surface area contributed by atoms with Crippen LogP contribution in [0.5, 0.6) is 0 Å². The molecule has 0 bridgehead atoms. The lowest BCUT2D eigenvalue weighted by Gasteiger charge is -2.34. The molecule has 2 aliphatic rings. The summed E-state index contributed by atoms with van der Waals surface area (Å²) in [7, 11) is 1.84. The van der Waals surface area contributed by atoms with Crippen LogP contribution in [0, 0.1) is 0 Å². The molecular weight excluding hydrogens is 398 g/mol. The fraction of sp³-hybridized carbons (Fsp3) is 0.500. The molecule has 32 heavy (non-hydrogen) atoms. The van der Waals surface area contributed by atoms with Gasteiger partial charge in [0.25, 0.3) is 0 Å². The van der Waals surface area contributed by atoms with Crippen molar-refractivity contribution in [2.24, 2.45) is 4.99 Å². The van der Waals surface area contributed by atoms with Crippen molar-refractivity contribution in [3.8, 4) is 0 Å². The van der Waals surface area contributed by atoms with E-state index in [1.165, 1.54) is 16.8 Å². The molecule has 0 amide bonds. The first-order chi connectivity index (χ1) is 15.7. The van der Waals surface area contributed by atoms with Crippen LogP contribution in [-0.4, -0.2) is 61.3 Å². The minimum Gasteiger partial charge on any atom is -0.393 e. The molecule has 2 aliphatic heterocycles. The number of nitrogens with one attached hydrogen (secondary N) is 2.